The monoisotopic (exact) mass is 460 g/mol. The molecule has 1 aromatic carbocycles. The molecular weight excluding hydrogens is 432 g/mol. The van der Waals surface area contributed by atoms with E-state index in [1.807, 2.05) is 24.5 Å². The van der Waals surface area contributed by atoms with Gasteiger partial charge in [-0.1, -0.05) is 17.7 Å². The maximum absolute atomic E-state index is 12.0. The third kappa shape index (κ3) is 3.84. The quantitative estimate of drug-likeness (QED) is 0.606. The number of hydrogen-bond acceptors (Lipinski definition) is 6. The zero-order valence-corrected chi connectivity index (χ0v) is 18.7. The fourth-order valence-corrected chi connectivity index (χ4v) is 5.41. The molecule has 3 heterocycles. The van der Waals surface area contributed by atoms with Gasteiger partial charge in [-0.15, -0.1) is 0 Å². The molecule has 0 bridgehead atoms. The fraction of sp³-hybridized carbons (Fsp3) is 0.565. The van der Waals surface area contributed by atoms with Crippen molar-refractivity contribution in [1.29, 1.82) is 0 Å². The molecule has 4 N–H and O–H groups in total. The summed E-state index contributed by atoms with van der Waals surface area (Å²) in [6, 6.07) is 5.52. The van der Waals surface area contributed by atoms with Gasteiger partial charge in [0, 0.05) is 36.4 Å². The highest BCUT2D eigenvalue weighted by atomic mass is 35.5. The molecule has 9 heteroatoms. The van der Waals surface area contributed by atoms with E-state index in [0.29, 0.717) is 24.4 Å². The van der Waals surface area contributed by atoms with Gasteiger partial charge in [0.1, 0.15) is 6.10 Å². The number of ether oxygens (including phenoxy) is 1. The molecule has 1 saturated heterocycles. The van der Waals surface area contributed by atoms with Crippen molar-refractivity contribution in [1.82, 2.24) is 14.7 Å². The highest BCUT2D eigenvalue weighted by molar-refractivity contribution is 6.30. The van der Waals surface area contributed by atoms with Crippen LogP contribution in [0.15, 0.2) is 30.6 Å². The number of aliphatic hydroxyl groups is 2. The Bertz CT molecular complexity index is 1010. The molecule has 5 rings (SSSR count). The zero-order valence-electron chi connectivity index (χ0n) is 17.9. The van der Waals surface area contributed by atoms with Crippen LogP contribution in [-0.4, -0.2) is 55.6 Å². The van der Waals surface area contributed by atoms with Crippen molar-refractivity contribution in [3.63, 3.8) is 0 Å². The predicted octanol–water partition coefficient (Wildman–Crippen LogP) is 1.86. The molecule has 1 saturated carbocycles. The van der Waals surface area contributed by atoms with Crippen molar-refractivity contribution in [3.05, 3.63) is 52.3 Å². The molecule has 8 nitrogen and oxygen atoms in total. The summed E-state index contributed by atoms with van der Waals surface area (Å²) in [5.41, 5.74) is 6.95. The van der Waals surface area contributed by atoms with Crippen LogP contribution in [0.4, 0.5) is 0 Å². The number of primary amides is 1. The largest absolute Gasteiger partial charge is 0.388 e. The summed E-state index contributed by atoms with van der Waals surface area (Å²) in [5.74, 6) is -0.478. The van der Waals surface area contributed by atoms with Gasteiger partial charge < -0.3 is 20.7 Å². The Morgan fingerprint density at radius 1 is 1.31 bits per heavy atom. The highest BCUT2D eigenvalue weighted by Gasteiger charge is 2.48. The number of benzene rings is 1. The average Bonchev–Trinajstić information content (AvgIpc) is 3.30. The van der Waals surface area contributed by atoms with Crippen molar-refractivity contribution in [3.8, 4) is 0 Å². The summed E-state index contributed by atoms with van der Waals surface area (Å²) in [7, 11) is 0. The molecule has 1 aliphatic carbocycles. The number of carbonyl (C=O) groups is 1. The Kier molecular flexibility index (Phi) is 5.54. The van der Waals surface area contributed by atoms with E-state index in [1.165, 1.54) is 0 Å². The second kappa shape index (κ2) is 8.11. The average molecular weight is 461 g/mol. The van der Waals surface area contributed by atoms with Gasteiger partial charge in [0.2, 0.25) is 0 Å². The Hall–Kier alpha value is -1.97. The first-order valence-corrected chi connectivity index (χ1v) is 11.6. The SMILES string of the molecule is NC(=O)C1OC2(CCN(Cc3cnn(CC(O)C4(O)CCC4)c3)CC2)c2cc(Cl)ccc21. The number of rotatable bonds is 6. The normalized spacial score (nSPS) is 24.8. The van der Waals surface area contributed by atoms with E-state index in [9.17, 15) is 15.0 Å². The molecule has 32 heavy (non-hydrogen) atoms. The number of fused-ring (bicyclic) bond motifs is 2. The number of likely N-dealkylation sites (tertiary alicyclic amines) is 1. The van der Waals surface area contributed by atoms with Crippen LogP contribution in [0.5, 0.6) is 0 Å². The van der Waals surface area contributed by atoms with Crippen LogP contribution in [-0.2, 0) is 28.2 Å². The second-order valence-electron chi connectivity index (χ2n) is 9.45. The molecule has 2 aliphatic heterocycles. The number of nitrogens with two attached hydrogens (primary N) is 1. The zero-order chi connectivity index (χ0) is 22.5. The minimum absolute atomic E-state index is 0.291. The summed E-state index contributed by atoms with van der Waals surface area (Å²) in [5, 5.41) is 25.6. The summed E-state index contributed by atoms with van der Waals surface area (Å²) in [4.78, 5) is 14.3. The lowest BCUT2D eigenvalue weighted by Gasteiger charge is -2.40. The Morgan fingerprint density at radius 2 is 2.06 bits per heavy atom. The molecule has 2 aromatic rings. The molecule has 1 aromatic heterocycles. The molecule has 2 unspecified atom stereocenters. The second-order valence-corrected chi connectivity index (χ2v) is 9.88. The van der Waals surface area contributed by atoms with Gasteiger partial charge in [-0.2, -0.15) is 5.10 Å². The number of piperidine rings is 1. The summed E-state index contributed by atoms with van der Waals surface area (Å²) in [6.45, 7) is 2.62. The van der Waals surface area contributed by atoms with E-state index in [4.69, 9.17) is 22.1 Å². The van der Waals surface area contributed by atoms with Gasteiger partial charge in [-0.3, -0.25) is 14.4 Å². The molecule has 172 valence electrons. The van der Waals surface area contributed by atoms with Crippen molar-refractivity contribution in [2.24, 2.45) is 5.73 Å². The maximum atomic E-state index is 12.0. The minimum Gasteiger partial charge on any atom is -0.388 e. The first-order valence-electron chi connectivity index (χ1n) is 11.2. The number of carbonyl (C=O) groups excluding carboxylic acids is 1. The number of aromatic nitrogens is 2. The smallest absolute Gasteiger partial charge is 0.251 e. The topological polar surface area (TPSA) is 114 Å². The highest BCUT2D eigenvalue weighted by Crippen LogP contribution is 2.50. The van der Waals surface area contributed by atoms with Crippen molar-refractivity contribution < 1.29 is 19.7 Å². The van der Waals surface area contributed by atoms with Gasteiger partial charge >= 0.3 is 0 Å². The van der Waals surface area contributed by atoms with Crippen LogP contribution in [0.25, 0.3) is 0 Å². The van der Waals surface area contributed by atoms with E-state index >= 15 is 0 Å². The Balaban J connectivity index is 1.22. The van der Waals surface area contributed by atoms with E-state index in [1.54, 1.807) is 10.7 Å². The van der Waals surface area contributed by atoms with Gasteiger partial charge in [-0.25, -0.2) is 0 Å². The molecule has 2 fully saturated rings. The van der Waals surface area contributed by atoms with Crippen LogP contribution in [0.1, 0.15) is 54.9 Å². The number of nitrogens with zero attached hydrogens (tertiary/aromatic N) is 3. The first kappa shape index (κ1) is 21.9. The van der Waals surface area contributed by atoms with E-state index < -0.39 is 29.3 Å². The van der Waals surface area contributed by atoms with Crippen molar-refractivity contribution in [2.45, 2.75) is 68.6 Å². The summed E-state index contributed by atoms with van der Waals surface area (Å²) >= 11 is 6.24. The molecule has 0 radical (unpaired) electrons. The lowest BCUT2D eigenvalue weighted by atomic mass is 9.76. The fourth-order valence-electron chi connectivity index (χ4n) is 5.24. The summed E-state index contributed by atoms with van der Waals surface area (Å²) in [6.07, 6.45) is 5.93. The summed E-state index contributed by atoms with van der Waals surface area (Å²) < 4.78 is 7.95. The van der Waals surface area contributed by atoms with Crippen LogP contribution in [0.3, 0.4) is 0 Å². The van der Waals surface area contributed by atoms with Crippen LogP contribution in [0.2, 0.25) is 5.02 Å². The van der Waals surface area contributed by atoms with E-state index in [0.717, 1.165) is 55.6 Å². The number of aliphatic hydroxyl groups excluding tert-OH is 1. The standard InChI is InChI=1S/C23H29ClN4O4/c24-16-2-3-17-18(10-16)23(32-20(17)21(25)30)6-8-27(9-7-23)12-15-11-26-28(13-15)14-19(29)22(31)4-1-5-22/h2-3,10-11,13,19-20,29,31H,1,4-9,12,14H2,(H2,25,30). The van der Waals surface area contributed by atoms with Crippen LogP contribution < -0.4 is 5.73 Å². The molecule has 1 spiro atoms. The van der Waals surface area contributed by atoms with Crippen molar-refractivity contribution in [2.75, 3.05) is 13.1 Å². The number of hydrogen-bond donors (Lipinski definition) is 3. The molecule has 1 amide bonds. The van der Waals surface area contributed by atoms with Gasteiger partial charge in [0.15, 0.2) is 6.10 Å². The van der Waals surface area contributed by atoms with E-state index in [-0.39, 0.29) is 0 Å². The molecular formula is C23H29ClN4O4. The third-order valence-corrected chi connectivity index (χ3v) is 7.58. The molecule has 2 atom stereocenters. The first-order chi connectivity index (χ1) is 15.3. The third-order valence-electron chi connectivity index (χ3n) is 7.35. The van der Waals surface area contributed by atoms with Gasteiger partial charge in [0.25, 0.3) is 5.91 Å². The Labute approximate surface area is 191 Å². The van der Waals surface area contributed by atoms with E-state index in [2.05, 4.69) is 10.00 Å². The lowest BCUT2D eigenvalue weighted by molar-refractivity contribution is -0.148. The van der Waals surface area contributed by atoms with Crippen LogP contribution in [0, 0.1) is 0 Å². The van der Waals surface area contributed by atoms with Gasteiger partial charge in [-0.05, 0) is 55.4 Å². The number of amides is 1. The lowest BCUT2D eigenvalue weighted by Crippen LogP contribution is -2.50. The minimum atomic E-state index is -0.962. The van der Waals surface area contributed by atoms with Gasteiger partial charge in [0.05, 0.1) is 23.9 Å². The number of halogens is 1. The van der Waals surface area contributed by atoms with Crippen molar-refractivity contribution >= 4 is 17.5 Å². The maximum Gasteiger partial charge on any atom is 0.251 e. The molecule has 3 aliphatic rings. The Morgan fingerprint density at radius 3 is 2.72 bits per heavy atom. The van der Waals surface area contributed by atoms with Crippen LogP contribution >= 0.6 is 11.6 Å². The predicted molar refractivity (Wildman–Crippen MR) is 118 cm³/mol.